The van der Waals surface area contributed by atoms with Gasteiger partial charge in [0.1, 0.15) is 11.5 Å². The lowest BCUT2D eigenvalue weighted by Crippen LogP contribution is -2.28. The summed E-state index contributed by atoms with van der Waals surface area (Å²) in [7, 11) is -8.41. The van der Waals surface area contributed by atoms with Crippen molar-refractivity contribution in [3.63, 3.8) is 0 Å². The zero-order valence-electron chi connectivity index (χ0n) is 26.4. The first-order valence-electron chi connectivity index (χ1n) is 15.9. The summed E-state index contributed by atoms with van der Waals surface area (Å²) in [6.07, 6.45) is 2.92. The Bertz CT molecular complexity index is 2190. The molecule has 4 N–H and O–H groups in total. The van der Waals surface area contributed by atoms with Crippen molar-refractivity contribution in [3.05, 3.63) is 70.0 Å². The number of hydrogen-bond acceptors (Lipinski definition) is 9. The predicted octanol–water partition coefficient (Wildman–Crippen LogP) is 4.54. The standard InChI is InChI=1S/C34H35NO12S2/c36-27(37)12-4-10-22-30-31-24(18-35-34(31)39)23-17-26(47-14-6-16-49(43,44)45)19-7-1-2-8-20(19)28(23)32(30)29-21(33(22)38)9-3-11-25(29)46-13-5-15-48(40,41)42/h1-2,7-8,11,17,22H,3-6,9-10,12-16,18H2,(H,35,39)(H,36,37)(H,40,41,42)(H,43,44,45). The molecule has 0 saturated heterocycles. The van der Waals surface area contributed by atoms with Crippen LogP contribution in [0, 0.1) is 0 Å². The van der Waals surface area contributed by atoms with E-state index in [1.165, 1.54) is 0 Å². The number of rotatable bonds is 14. The van der Waals surface area contributed by atoms with Gasteiger partial charge in [0.05, 0.1) is 24.7 Å². The lowest BCUT2D eigenvalue weighted by Gasteiger charge is -2.34. The van der Waals surface area contributed by atoms with Crippen molar-refractivity contribution in [3.8, 4) is 5.75 Å². The van der Waals surface area contributed by atoms with Gasteiger partial charge in [-0.05, 0) is 83.5 Å². The highest BCUT2D eigenvalue weighted by molar-refractivity contribution is 7.86. The summed E-state index contributed by atoms with van der Waals surface area (Å²) in [4.78, 5) is 39.5. The molecule has 0 bridgehead atoms. The Hall–Kier alpha value is -4.31. The summed E-state index contributed by atoms with van der Waals surface area (Å²) >= 11 is 0. The number of fused-ring (bicyclic) bond motifs is 9. The first-order chi connectivity index (χ1) is 23.2. The Morgan fingerprint density at radius 1 is 0.898 bits per heavy atom. The van der Waals surface area contributed by atoms with E-state index in [9.17, 15) is 45.4 Å². The molecule has 3 aromatic rings. The van der Waals surface area contributed by atoms with Crippen LogP contribution in [0.15, 0.2) is 47.7 Å². The molecule has 1 amide bonds. The maximum Gasteiger partial charge on any atom is 0.303 e. The number of amides is 1. The Morgan fingerprint density at radius 3 is 2.24 bits per heavy atom. The van der Waals surface area contributed by atoms with E-state index < -0.39 is 43.6 Å². The van der Waals surface area contributed by atoms with Gasteiger partial charge in [0.2, 0.25) is 0 Å². The summed E-state index contributed by atoms with van der Waals surface area (Å²) in [5.74, 6) is -2.61. The second kappa shape index (κ2) is 13.5. The van der Waals surface area contributed by atoms with Gasteiger partial charge in [-0.1, -0.05) is 24.3 Å². The van der Waals surface area contributed by atoms with Crippen LogP contribution in [0.3, 0.4) is 0 Å². The van der Waals surface area contributed by atoms with E-state index in [1.54, 1.807) is 6.07 Å². The van der Waals surface area contributed by atoms with Crippen LogP contribution in [0.4, 0.5) is 0 Å². The van der Waals surface area contributed by atoms with Gasteiger partial charge in [-0.2, -0.15) is 16.8 Å². The third-order valence-corrected chi connectivity index (χ3v) is 10.7. The highest BCUT2D eigenvalue weighted by atomic mass is 32.2. The number of carboxylic acids is 1. The number of allylic oxidation sites excluding steroid dienone is 3. The van der Waals surface area contributed by atoms with Gasteiger partial charge >= 0.3 is 5.97 Å². The smallest absolute Gasteiger partial charge is 0.303 e. The molecule has 6 rings (SSSR count). The molecular weight excluding hydrogens is 679 g/mol. The lowest BCUT2D eigenvalue weighted by atomic mass is 9.68. The van der Waals surface area contributed by atoms with Crippen LogP contribution in [-0.2, 0) is 41.1 Å². The van der Waals surface area contributed by atoms with E-state index in [0.717, 1.165) is 10.8 Å². The van der Waals surface area contributed by atoms with Crippen LogP contribution in [0.5, 0.6) is 5.75 Å². The zero-order chi connectivity index (χ0) is 35.1. The van der Waals surface area contributed by atoms with Crippen molar-refractivity contribution in [1.82, 2.24) is 5.32 Å². The summed E-state index contributed by atoms with van der Waals surface area (Å²) < 4.78 is 75.9. The molecule has 1 aliphatic heterocycles. The lowest BCUT2D eigenvalue weighted by molar-refractivity contribution is -0.137. The molecular formula is C34H35NO12S2. The van der Waals surface area contributed by atoms with E-state index in [-0.39, 0.29) is 63.6 Å². The third-order valence-electron chi connectivity index (χ3n) is 9.05. The second-order valence-corrected chi connectivity index (χ2v) is 15.5. The van der Waals surface area contributed by atoms with Crippen molar-refractivity contribution in [2.24, 2.45) is 0 Å². The topological polar surface area (TPSA) is 211 Å². The van der Waals surface area contributed by atoms with E-state index >= 15 is 0 Å². The van der Waals surface area contributed by atoms with Gasteiger partial charge in [0, 0.05) is 41.0 Å². The zero-order valence-corrected chi connectivity index (χ0v) is 28.0. The molecule has 0 aromatic heterocycles. The molecule has 0 radical (unpaired) electrons. The minimum Gasteiger partial charge on any atom is -0.493 e. The molecule has 0 saturated carbocycles. The SMILES string of the molecule is O=C(O)CCCC1C(=O)C2=C(C(OCCCS(=O)(=O)O)=CCC2)c2c1c1c(c3cc(OCCCS(=O)(=O)O)c4ccccc4c23)CNC1=O. The van der Waals surface area contributed by atoms with E-state index in [4.69, 9.17) is 9.47 Å². The molecule has 0 spiro atoms. The van der Waals surface area contributed by atoms with Gasteiger partial charge in [0.15, 0.2) is 5.78 Å². The molecule has 0 fully saturated rings. The predicted molar refractivity (Wildman–Crippen MR) is 180 cm³/mol. The monoisotopic (exact) mass is 713 g/mol. The fourth-order valence-corrected chi connectivity index (χ4v) is 8.10. The second-order valence-electron chi connectivity index (χ2n) is 12.3. The van der Waals surface area contributed by atoms with Crippen LogP contribution in [0.2, 0.25) is 0 Å². The van der Waals surface area contributed by atoms with Gasteiger partial charge in [-0.3, -0.25) is 23.5 Å². The number of carboxylic acid groups (broad SMARTS) is 1. The van der Waals surface area contributed by atoms with E-state index in [0.29, 0.717) is 68.5 Å². The molecule has 2 aliphatic carbocycles. The van der Waals surface area contributed by atoms with Gasteiger partial charge < -0.3 is 19.9 Å². The van der Waals surface area contributed by atoms with Crippen LogP contribution in [0.1, 0.15) is 77.9 Å². The molecule has 13 nitrogen and oxygen atoms in total. The van der Waals surface area contributed by atoms with Crippen LogP contribution in [0.25, 0.3) is 27.1 Å². The number of carbonyl (C=O) groups excluding carboxylic acids is 2. The molecule has 15 heteroatoms. The number of carbonyl (C=O) groups is 3. The van der Waals surface area contributed by atoms with Gasteiger partial charge in [-0.25, -0.2) is 0 Å². The number of ether oxygens (including phenoxy) is 2. The summed E-state index contributed by atoms with van der Waals surface area (Å²) in [6.45, 7) is 0.0776. The Balaban J connectivity index is 1.59. The third kappa shape index (κ3) is 7.06. The molecule has 49 heavy (non-hydrogen) atoms. The number of aliphatic carboxylic acids is 1. The molecule has 3 aliphatic rings. The highest BCUT2D eigenvalue weighted by Gasteiger charge is 2.43. The van der Waals surface area contributed by atoms with Crippen molar-refractivity contribution < 1.29 is 54.9 Å². The minimum atomic E-state index is -4.22. The first-order valence-corrected chi connectivity index (χ1v) is 19.2. The van der Waals surface area contributed by atoms with Crippen molar-refractivity contribution >= 4 is 65.0 Å². The van der Waals surface area contributed by atoms with Crippen molar-refractivity contribution in [1.29, 1.82) is 0 Å². The number of ketones is 1. The summed E-state index contributed by atoms with van der Waals surface area (Å²) in [5, 5.41) is 15.1. The van der Waals surface area contributed by atoms with Crippen LogP contribution >= 0.6 is 0 Å². The first kappa shape index (κ1) is 34.5. The molecule has 1 atom stereocenters. The number of Topliss-reactive ketones (excluding diaryl/α,β-unsaturated/α-hetero) is 1. The quantitative estimate of drug-likeness (QED) is 0.103. The average molecular weight is 714 g/mol. The van der Waals surface area contributed by atoms with E-state index in [1.807, 2.05) is 30.3 Å². The van der Waals surface area contributed by atoms with Gasteiger partial charge in [0.25, 0.3) is 26.1 Å². The largest absolute Gasteiger partial charge is 0.493 e. The highest BCUT2D eigenvalue weighted by Crippen LogP contribution is 2.53. The molecule has 1 unspecified atom stereocenters. The summed E-state index contributed by atoms with van der Waals surface area (Å²) in [6, 6.07) is 9.17. The van der Waals surface area contributed by atoms with Gasteiger partial charge in [-0.15, -0.1) is 0 Å². The van der Waals surface area contributed by atoms with Crippen LogP contribution < -0.4 is 10.1 Å². The maximum atomic E-state index is 14.4. The molecule has 1 heterocycles. The average Bonchev–Trinajstić information content (AvgIpc) is 3.42. The van der Waals surface area contributed by atoms with Crippen molar-refractivity contribution in [2.45, 2.75) is 57.4 Å². The Morgan fingerprint density at radius 2 is 1.57 bits per heavy atom. The maximum absolute atomic E-state index is 14.4. The number of nitrogens with one attached hydrogen (secondary N) is 1. The Kier molecular flexibility index (Phi) is 9.55. The van der Waals surface area contributed by atoms with E-state index in [2.05, 4.69) is 5.32 Å². The number of hydrogen-bond donors (Lipinski definition) is 4. The summed E-state index contributed by atoms with van der Waals surface area (Å²) in [5.41, 5.74) is 3.04. The fraction of sp³-hybridized carbons (Fsp3) is 0.382. The van der Waals surface area contributed by atoms with Crippen LogP contribution in [-0.4, -0.2) is 73.4 Å². The molecule has 3 aromatic carbocycles. The number of benzene rings is 3. The van der Waals surface area contributed by atoms with Crippen molar-refractivity contribution in [2.75, 3.05) is 24.7 Å². The normalized spacial score (nSPS) is 17.4. The molecule has 260 valence electrons. The Labute approximate surface area is 282 Å². The fourth-order valence-electron chi connectivity index (χ4n) is 7.13. The minimum absolute atomic E-state index is 0.00798.